The number of carbonyl (C=O) groups excluding carboxylic acids is 1. The highest BCUT2D eigenvalue weighted by Crippen LogP contribution is 2.24. The van der Waals surface area contributed by atoms with Gasteiger partial charge in [0.1, 0.15) is 5.82 Å². The number of hydrogen-bond acceptors (Lipinski definition) is 3. The van der Waals surface area contributed by atoms with Crippen molar-refractivity contribution in [1.82, 2.24) is 4.31 Å². The van der Waals surface area contributed by atoms with E-state index in [2.05, 4.69) is 21.2 Å². The zero-order valence-corrected chi connectivity index (χ0v) is 18.4. The third-order valence-electron chi connectivity index (χ3n) is 5.05. The van der Waals surface area contributed by atoms with Gasteiger partial charge in [-0.05, 0) is 49.4 Å². The standard InChI is InChI=1S/C21H24BrFN2O3S/c22-18-10-11-20(19(23)14-18)24-21(26)17-9-4-12-25(15-17)29(27,28)13-5-8-16-6-2-1-3-7-16/h1-3,6-7,10-11,14,17H,4-5,8-9,12-13,15H2,(H,24,26)/t17-/m0/s1. The molecular weight excluding hydrogens is 459 g/mol. The molecule has 0 saturated carbocycles. The molecule has 0 aliphatic carbocycles. The van der Waals surface area contributed by atoms with Gasteiger partial charge in [0.05, 0.1) is 17.4 Å². The first-order chi connectivity index (χ1) is 13.8. The van der Waals surface area contributed by atoms with Crippen LogP contribution in [0.5, 0.6) is 0 Å². The molecule has 1 N–H and O–H groups in total. The summed E-state index contributed by atoms with van der Waals surface area (Å²) < 4.78 is 41.4. The first-order valence-corrected chi connectivity index (χ1v) is 12.0. The number of nitrogens with one attached hydrogen (secondary N) is 1. The SMILES string of the molecule is O=C(Nc1ccc(Br)cc1F)[C@H]1CCCN(S(=O)(=O)CCCc2ccccc2)C1. The van der Waals surface area contributed by atoms with Crippen molar-refractivity contribution in [2.24, 2.45) is 5.92 Å². The smallest absolute Gasteiger partial charge is 0.228 e. The van der Waals surface area contributed by atoms with Crippen molar-refractivity contribution < 1.29 is 17.6 Å². The third kappa shape index (κ3) is 6.10. The Morgan fingerprint density at radius 1 is 1.21 bits per heavy atom. The minimum atomic E-state index is -3.43. The minimum absolute atomic E-state index is 0.0531. The van der Waals surface area contributed by atoms with Gasteiger partial charge in [-0.3, -0.25) is 4.79 Å². The van der Waals surface area contributed by atoms with Crippen molar-refractivity contribution in [3.8, 4) is 0 Å². The lowest BCUT2D eigenvalue weighted by Gasteiger charge is -2.31. The van der Waals surface area contributed by atoms with Gasteiger partial charge in [0, 0.05) is 17.6 Å². The van der Waals surface area contributed by atoms with Gasteiger partial charge in [-0.1, -0.05) is 46.3 Å². The van der Waals surface area contributed by atoms with E-state index in [1.807, 2.05) is 30.3 Å². The van der Waals surface area contributed by atoms with Crippen molar-refractivity contribution in [3.63, 3.8) is 0 Å². The maximum absolute atomic E-state index is 14.0. The topological polar surface area (TPSA) is 66.5 Å². The Bertz CT molecular complexity index is 954. The van der Waals surface area contributed by atoms with Gasteiger partial charge in [0.25, 0.3) is 0 Å². The highest BCUT2D eigenvalue weighted by molar-refractivity contribution is 9.10. The van der Waals surface area contributed by atoms with Crippen molar-refractivity contribution in [1.29, 1.82) is 0 Å². The Morgan fingerprint density at radius 2 is 1.97 bits per heavy atom. The molecular formula is C21H24BrFN2O3S. The molecule has 29 heavy (non-hydrogen) atoms. The van der Waals surface area contributed by atoms with Crippen LogP contribution in [0, 0.1) is 11.7 Å². The summed E-state index contributed by atoms with van der Waals surface area (Å²) >= 11 is 3.18. The number of halogens is 2. The Morgan fingerprint density at radius 3 is 2.69 bits per heavy atom. The van der Waals surface area contributed by atoms with Crippen molar-refractivity contribution in [3.05, 3.63) is 64.4 Å². The van der Waals surface area contributed by atoms with Gasteiger partial charge in [0.15, 0.2) is 0 Å². The zero-order chi connectivity index (χ0) is 20.9. The molecule has 1 atom stereocenters. The zero-order valence-electron chi connectivity index (χ0n) is 16.0. The molecule has 0 bridgehead atoms. The first-order valence-electron chi connectivity index (χ1n) is 9.63. The number of amides is 1. The lowest BCUT2D eigenvalue weighted by Crippen LogP contribution is -2.44. The van der Waals surface area contributed by atoms with E-state index in [1.54, 1.807) is 6.07 Å². The summed E-state index contributed by atoms with van der Waals surface area (Å²) in [4.78, 5) is 12.6. The number of benzene rings is 2. The van der Waals surface area contributed by atoms with E-state index < -0.39 is 21.8 Å². The molecule has 1 saturated heterocycles. The largest absolute Gasteiger partial charge is 0.323 e. The predicted molar refractivity (Wildman–Crippen MR) is 116 cm³/mol. The Hall–Kier alpha value is -1.77. The van der Waals surface area contributed by atoms with Crippen LogP contribution in [0.4, 0.5) is 10.1 Å². The molecule has 1 aliphatic rings. The minimum Gasteiger partial charge on any atom is -0.323 e. The average molecular weight is 483 g/mol. The van der Waals surface area contributed by atoms with Gasteiger partial charge >= 0.3 is 0 Å². The molecule has 2 aromatic rings. The van der Waals surface area contributed by atoms with Crippen LogP contribution in [0.3, 0.4) is 0 Å². The Balaban J connectivity index is 1.56. The Kier molecular flexibility index (Phi) is 7.43. The fourth-order valence-corrected chi connectivity index (χ4v) is 5.38. The second-order valence-corrected chi connectivity index (χ2v) is 10.2. The van der Waals surface area contributed by atoms with Crippen molar-refractivity contribution in [2.75, 3.05) is 24.2 Å². The second-order valence-electron chi connectivity index (χ2n) is 7.22. The molecule has 1 aliphatic heterocycles. The van der Waals surface area contributed by atoms with E-state index in [1.165, 1.54) is 16.4 Å². The van der Waals surface area contributed by atoms with E-state index in [-0.39, 0.29) is 23.9 Å². The molecule has 0 radical (unpaired) electrons. The lowest BCUT2D eigenvalue weighted by molar-refractivity contribution is -0.120. The quantitative estimate of drug-likeness (QED) is 0.642. The number of anilines is 1. The van der Waals surface area contributed by atoms with Gasteiger partial charge in [0.2, 0.25) is 15.9 Å². The summed E-state index contributed by atoms with van der Waals surface area (Å²) in [5, 5.41) is 2.59. The highest BCUT2D eigenvalue weighted by atomic mass is 79.9. The predicted octanol–water partition coefficient (Wildman–Crippen LogP) is 4.20. The fourth-order valence-electron chi connectivity index (χ4n) is 3.47. The maximum atomic E-state index is 14.0. The molecule has 1 heterocycles. The molecule has 0 unspecified atom stereocenters. The third-order valence-corrected chi connectivity index (χ3v) is 7.46. The number of piperidine rings is 1. The van der Waals surface area contributed by atoms with Crippen LogP contribution >= 0.6 is 15.9 Å². The number of hydrogen-bond donors (Lipinski definition) is 1. The van der Waals surface area contributed by atoms with Crippen molar-refractivity contribution in [2.45, 2.75) is 25.7 Å². The molecule has 156 valence electrons. The van der Waals surface area contributed by atoms with E-state index >= 15 is 0 Å². The van der Waals surface area contributed by atoms with E-state index in [0.29, 0.717) is 36.7 Å². The number of rotatable bonds is 7. The molecule has 1 fully saturated rings. The van der Waals surface area contributed by atoms with Crippen LogP contribution in [0.1, 0.15) is 24.8 Å². The van der Waals surface area contributed by atoms with Crippen LogP contribution in [-0.4, -0.2) is 37.5 Å². The number of aryl methyl sites for hydroxylation is 1. The summed E-state index contributed by atoms with van der Waals surface area (Å²) in [5.41, 5.74) is 1.20. The van der Waals surface area contributed by atoms with Gasteiger partial charge in [-0.15, -0.1) is 0 Å². The van der Waals surface area contributed by atoms with Gasteiger partial charge in [-0.25, -0.2) is 17.1 Å². The summed E-state index contributed by atoms with van der Waals surface area (Å²) in [6, 6.07) is 14.2. The molecule has 2 aromatic carbocycles. The molecule has 0 aromatic heterocycles. The summed E-state index contributed by atoms with van der Waals surface area (Å²) in [5.74, 6) is -1.32. The lowest BCUT2D eigenvalue weighted by atomic mass is 9.98. The van der Waals surface area contributed by atoms with Crippen LogP contribution < -0.4 is 5.32 Å². The van der Waals surface area contributed by atoms with Gasteiger partial charge < -0.3 is 5.32 Å². The normalized spacial score (nSPS) is 17.8. The summed E-state index contributed by atoms with van der Waals surface area (Å²) in [6.45, 7) is 0.557. The second kappa shape index (κ2) is 9.82. The number of sulfonamides is 1. The van der Waals surface area contributed by atoms with Crippen molar-refractivity contribution >= 4 is 37.5 Å². The molecule has 3 rings (SSSR count). The number of nitrogens with zero attached hydrogens (tertiary/aromatic N) is 1. The van der Waals surface area contributed by atoms with Crippen LogP contribution in [0.2, 0.25) is 0 Å². The van der Waals surface area contributed by atoms with E-state index in [4.69, 9.17) is 0 Å². The highest BCUT2D eigenvalue weighted by Gasteiger charge is 2.32. The molecule has 1 amide bonds. The summed E-state index contributed by atoms with van der Waals surface area (Å²) in [6.07, 6.45) is 2.42. The molecule has 5 nitrogen and oxygen atoms in total. The monoisotopic (exact) mass is 482 g/mol. The molecule has 8 heteroatoms. The van der Waals surface area contributed by atoms with Gasteiger partial charge in [-0.2, -0.15) is 0 Å². The first kappa shape index (κ1) is 21.9. The summed E-state index contributed by atoms with van der Waals surface area (Å²) in [7, 11) is -3.43. The molecule has 0 spiro atoms. The fraction of sp³-hybridized carbons (Fsp3) is 0.381. The maximum Gasteiger partial charge on any atom is 0.228 e. The average Bonchev–Trinajstić information content (AvgIpc) is 2.71. The van der Waals surface area contributed by atoms with E-state index in [0.717, 1.165) is 5.56 Å². The van der Waals surface area contributed by atoms with Crippen LogP contribution in [0.25, 0.3) is 0 Å². The van der Waals surface area contributed by atoms with Crippen LogP contribution in [-0.2, 0) is 21.2 Å². The van der Waals surface area contributed by atoms with E-state index in [9.17, 15) is 17.6 Å². The Labute approximate surface area is 179 Å². The van der Waals surface area contributed by atoms with Crippen LogP contribution in [0.15, 0.2) is 53.0 Å². The number of carbonyl (C=O) groups is 1.